The lowest BCUT2D eigenvalue weighted by Crippen LogP contribution is -2.39. The molecule has 6 heteroatoms. The topological polar surface area (TPSA) is 67.4 Å². The van der Waals surface area contributed by atoms with Gasteiger partial charge in [-0.15, -0.1) is 6.58 Å². The highest BCUT2D eigenvalue weighted by Gasteiger charge is 2.25. The lowest BCUT2D eigenvalue weighted by Gasteiger charge is -2.25. The highest BCUT2D eigenvalue weighted by molar-refractivity contribution is 6.01. The van der Waals surface area contributed by atoms with Crippen LogP contribution < -0.4 is 0 Å². The summed E-state index contributed by atoms with van der Waals surface area (Å²) in [5, 5.41) is 14.5. The Kier molecular flexibility index (Phi) is 7.21. The van der Waals surface area contributed by atoms with Crippen molar-refractivity contribution in [3.8, 4) is 0 Å². The lowest BCUT2D eigenvalue weighted by atomic mass is 10.0. The second kappa shape index (κ2) is 10.1. The normalized spacial score (nSPS) is 17.6. The van der Waals surface area contributed by atoms with Crippen LogP contribution in [0.4, 0.5) is 0 Å². The Morgan fingerprint density at radius 2 is 2.15 bits per heavy atom. The number of aliphatic hydroxyl groups is 1. The fourth-order valence-corrected chi connectivity index (χ4v) is 3.06. The molecule has 1 aromatic carbocycles. The van der Waals surface area contributed by atoms with Gasteiger partial charge in [-0.2, -0.15) is 0 Å². The predicted molar refractivity (Wildman–Crippen MR) is 103 cm³/mol. The minimum Gasteiger partial charge on any atom is -0.467 e. The number of furan rings is 1. The number of ether oxygens (including phenoxy) is 1. The molecule has 3 rings (SSSR count). The largest absolute Gasteiger partial charge is 0.467 e. The molecule has 0 radical (unpaired) electrons. The summed E-state index contributed by atoms with van der Waals surface area (Å²) in [7, 11) is 0. The van der Waals surface area contributed by atoms with E-state index in [9.17, 15) is 5.11 Å². The van der Waals surface area contributed by atoms with E-state index in [1.165, 1.54) is 0 Å². The maximum atomic E-state index is 10.3. The van der Waals surface area contributed by atoms with Gasteiger partial charge in [-0.25, -0.2) is 0 Å². The van der Waals surface area contributed by atoms with E-state index in [0.29, 0.717) is 26.2 Å². The van der Waals surface area contributed by atoms with Gasteiger partial charge in [0.2, 0.25) is 0 Å². The van der Waals surface area contributed by atoms with Crippen molar-refractivity contribution in [2.24, 2.45) is 5.16 Å². The van der Waals surface area contributed by atoms with Crippen LogP contribution in [-0.4, -0.2) is 54.2 Å². The van der Waals surface area contributed by atoms with Gasteiger partial charge in [0.25, 0.3) is 0 Å². The van der Waals surface area contributed by atoms with Crippen molar-refractivity contribution in [3.63, 3.8) is 0 Å². The van der Waals surface area contributed by atoms with Gasteiger partial charge in [-0.05, 0) is 17.7 Å². The molecule has 2 atom stereocenters. The molecule has 0 fully saturated rings. The quantitative estimate of drug-likeness (QED) is 0.616. The van der Waals surface area contributed by atoms with Crippen LogP contribution in [0.2, 0.25) is 0 Å². The van der Waals surface area contributed by atoms with Crippen molar-refractivity contribution in [3.05, 3.63) is 72.7 Å². The zero-order valence-corrected chi connectivity index (χ0v) is 15.4. The van der Waals surface area contributed by atoms with E-state index in [1.54, 1.807) is 6.26 Å². The second-order valence-electron chi connectivity index (χ2n) is 6.59. The van der Waals surface area contributed by atoms with Crippen molar-refractivity contribution < 1.29 is 19.1 Å². The van der Waals surface area contributed by atoms with Crippen LogP contribution in [0.1, 0.15) is 17.7 Å². The minimum atomic E-state index is -0.601. The Morgan fingerprint density at radius 3 is 2.89 bits per heavy atom. The van der Waals surface area contributed by atoms with Crippen molar-refractivity contribution >= 4 is 5.71 Å². The second-order valence-corrected chi connectivity index (χ2v) is 6.59. The number of hydrogen-bond acceptors (Lipinski definition) is 6. The first-order chi connectivity index (χ1) is 13.2. The number of oxime groups is 1. The molecule has 1 aliphatic heterocycles. The van der Waals surface area contributed by atoms with E-state index < -0.39 is 6.10 Å². The molecule has 0 aliphatic carbocycles. The van der Waals surface area contributed by atoms with Gasteiger partial charge in [0.05, 0.1) is 24.7 Å². The Balaban J connectivity index is 1.43. The van der Waals surface area contributed by atoms with E-state index >= 15 is 0 Å². The fourth-order valence-electron chi connectivity index (χ4n) is 3.06. The van der Waals surface area contributed by atoms with Crippen LogP contribution in [0.25, 0.3) is 0 Å². The number of benzene rings is 1. The first-order valence-corrected chi connectivity index (χ1v) is 9.14. The Hall–Kier alpha value is -2.41. The first kappa shape index (κ1) is 19.4. The Morgan fingerprint density at radius 1 is 1.30 bits per heavy atom. The monoisotopic (exact) mass is 370 g/mol. The number of nitrogens with zero attached hydrogens (tertiary/aromatic N) is 2. The molecular weight excluding hydrogens is 344 g/mol. The predicted octanol–water partition coefficient (Wildman–Crippen LogP) is 2.84. The molecule has 1 N–H and O–H groups in total. The zero-order valence-electron chi connectivity index (χ0n) is 15.4. The molecule has 2 unspecified atom stereocenters. The summed E-state index contributed by atoms with van der Waals surface area (Å²) in [4.78, 5) is 7.69. The van der Waals surface area contributed by atoms with Crippen LogP contribution in [0.3, 0.4) is 0 Å². The number of hydrogen-bond donors (Lipinski definition) is 1. The van der Waals surface area contributed by atoms with Crippen LogP contribution in [0.5, 0.6) is 0 Å². The van der Waals surface area contributed by atoms with Crippen molar-refractivity contribution in [2.45, 2.75) is 25.2 Å². The summed E-state index contributed by atoms with van der Waals surface area (Å²) in [6.07, 6.45) is 3.55. The third kappa shape index (κ3) is 6.06. The van der Waals surface area contributed by atoms with Crippen LogP contribution in [0, 0.1) is 0 Å². The third-order valence-corrected chi connectivity index (χ3v) is 4.29. The first-order valence-electron chi connectivity index (χ1n) is 9.14. The van der Waals surface area contributed by atoms with Crippen LogP contribution >= 0.6 is 0 Å². The highest BCUT2D eigenvalue weighted by atomic mass is 16.6. The van der Waals surface area contributed by atoms with E-state index in [1.807, 2.05) is 48.5 Å². The zero-order chi connectivity index (χ0) is 18.9. The summed E-state index contributed by atoms with van der Waals surface area (Å²) < 4.78 is 10.7. The third-order valence-electron chi connectivity index (χ3n) is 4.29. The summed E-state index contributed by atoms with van der Waals surface area (Å²) in [6.45, 7) is 6.21. The molecule has 0 bridgehead atoms. The molecule has 1 aromatic heterocycles. The average molecular weight is 370 g/mol. The minimum absolute atomic E-state index is 0.0311. The number of rotatable bonds is 11. The Bertz CT molecular complexity index is 715. The lowest BCUT2D eigenvalue weighted by molar-refractivity contribution is -0.00517. The van der Waals surface area contributed by atoms with Gasteiger partial charge in [0.1, 0.15) is 18.5 Å². The van der Waals surface area contributed by atoms with Crippen molar-refractivity contribution in [2.75, 3.05) is 26.2 Å². The summed E-state index contributed by atoms with van der Waals surface area (Å²) >= 11 is 0. The molecule has 1 aliphatic rings. The molecule has 27 heavy (non-hydrogen) atoms. The van der Waals surface area contributed by atoms with Crippen LogP contribution in [0.15, 0.2) is 71.0 Å². The molecule has 0 saturated heterocycles. The SMILES string of the molecule is C=CCN(CC(O)COCc1ccco1)CC1CC(c2ccccc2)=NO1. The summed E-state index contributed by atoms with van der Waals surface area (Å²) in [5.41, 5.74) is 2.04. The summed E-state index contributed by atoms with van der Waals surface area (Å²) in [5.74, 6) is 0.745. The van der Waals surface area contributed by atoms with E-state index in [2.05, 4.69) is 16.6 Å². The average Bonchev–Trinajstić information content (AvgIpc) is 3.35. The van der Waals surface area contributed by atoms with Gasteiger partial charge in [-0.1, -0.05) is 41.6 Å². The van der Waals surface area contributed by atoms with Crippen LogP contribution in [-0.2, 0) is 16.2 Å². The molecule has 0 amide bonds. The van der Waals surface area contributed by atoms with Crippen molar-refractivity contribution in [1.29, 1.82) is 0 Å². The van der Waals surface area contributed by atoms with Crippen molar-refractivity contribution in [1.82, 2.24) is 4.90 Å². The van der Waals surface area contributed by atoms with Gasteiger partial charge < -0.3 is 19.1 Å². The highest BCUT2D eigenvalue weighted by Crippen LogP contribution is 2.17. The molecule has 2 heterocycles. The Labute approximate surface area is 159 Å². The maximum absolute atomic E-state index is 10.3. The van der Waals surface area contributed by atoms with Gasteiger partial charge in [0, 0.05) is 26.1 Å². The molecule has 144 valence electrons. The van der Waals surface area contributed by atoms with Gasteiger partial charge >= 0.3 is 0 Å². The smallest absolute Gasteiger partial charge is 0.145 e. The van der Waals surface area contributed by atoms with Gasteiger partial charge in [0.15, 0.2) is 0 Å². The maximum Gasteiger partial charge on any atom is 0.145 e. The molecule has 0 spiro atoms. The standard InChI is InChI=1S/C21H26N2O4/c1-2-10-23(13-18(24)15-25-16-19-9-6-11-26-19)14-20-12-21(22-27-20)17-7-4-3-5-8-17/h2-9,11,18,20,24H,1,10,12-16H2. The fraction of sp³-hybridized carbons (Fsp3) is 0.381. The number of aliphatic hydroxyl groups excluding tert-OH is 1. The molecular formula is C21H26N2O4. The molecule has 2 aromatic rings. The molecule has 6 nitrogen and oxygen atoms in total. The van der Waals surface area contributed by atoms with E-state index in [4.69, 9.17) is 14.0 Å². The van der Waals surface area contributed by atoms with Gasteiger partial charge in [-0.3, -0.25) is 4.90 Å². The summed E-state index contributed by atoms with van der Waals surface area (Å²) in [6, 6.07) is 13.7. The molecule has 0 saturated carbocycles. The van der Waals surface area contributed by atoms with E-state index in [-0.39, 0.29) is 12.7 Å². The van der Waals surface area contributed by atoms with E-state index in [0.717, 1.165) is 23.5 Å².